The van der Waals surface area contributed by atoms with Gasteiger partial charge in [-0.25, -0.2) is 13.1 Å². The summed E-state index contributed by atoms with van der Waals surface area (Å²) in [6, 6.07) is 4.61. The Morgan fingerprint density at radius 3 is 2.48 bits per heavy atom. The van der Waals surface area contributed by atoms with Crippen LogP contribution in [0.2, 0.25) is 0 Å². The Morgan fingerprint density at radius 1 is 1.33 bits per heavy atom. The van der Waals surface area contributed by atoms with E-state index < -0.39 is 10.0 Å². The number of rotatable bonds is 4. The largest absolute Gasteiger partial charge is 0.393 e. The van der Waals surface area contributed by atoms with Crippen LogP contribution in [0.4, 0.5) is 0 Å². The molecular weight excluding hydrogens is 308 g/mol. The molecule has 116 valence electrons. The van der Waals surface area contributed by atoms with Crippen molar-refractivity contribution in [3.05, 3.63) is 29.3 Å². The van der Waals surface area contributed by atoms with E-state index in [1.807, 2.05) is 0 Å². The van der Waals surface area contributed by atoms with Gasteiger partial charge in [0.25, 0.3) is 0 Å². The van der Waals surface area contributed by atoms with E-state index in [2.05, 4.69) is 4.72 Å². The highest BCUT2D eigenvalue weighted by Crippen LogP contribution is 2.21. The number of hydrogen-bond acceptors (Lipinski definition) is 4. The molecule has 2 rings (SSSR count). The van der Waals surface area contributed by atoms with Crippen LogP contribution in [-0.4, -0.2) is 30.7 Å². The van der Waals surface area contributed by atoms with E-state index in [4.69, 9.17) is 18.0 Å². The Kier molecular flexibility index (Phi) is 4.98. The zero-order chi connectivity index (χ0) is 15.6. The van der Waals surface area contributed by atoms with Crippen molar-refractivity contribution in [3.63, 3.8) is 0 Å². The summed E-state index contributed by atoms with van der Waals surface area (Å²) in [4.78, 5) is 0.469. The van der Waals surface area contributed by atoms with Gasteiger partial charge < -0.3 is 10.8 Å². The predicted molar refractivity (Wildman–Crippen MR) is 85.7 cm³/mol. The summed E-state index contributed by atoms with van der Waals surface area (Å²) in [7, 11) is -3.56. The van der Waals surface area contributed by atoms with Crippen LogP contribution < -0.4 is 10.5 Å². The summed E-state index contributed by atoms with van der Waals surface area (Å²) in [5.74, 6) is 0. The zero-order valence-corrected chi connectivity index (χ0v) is 13.5. The number of aliphatic hydroxyl groups is 1. The van der Waals surface area contributed by atoms with Gasteiger partial charge in [-0.3, -0.25) is 0 Å². The van der Waals surface area contributed by atoms with Gasteiger partial charge in [-0.2, -0.15) is 0 Å². The molecule has 1 fully saturated rings. The third-order valence-corrected chi connectivity index (χ3v) is 5.53. The summed E-state index contributed by atoms with van der Waals surface area (Å²) in [5, 5.41) is 9.46. The van der Waals surface area contributed by atoms with E-state index in [1.165, 1.54) is 6.07 Å². The van der Waals surface area contributed by atoms with Crippen molar-refractivity contribution in [3.8, 4) is 0 Å². The normalized spacial score (nSPS) is 23.0. The maximum Gasteiger partial charge on any atom is 0.240 e. The van der Waals surface area contributed by atoms with Crippen molar-refractivity contribution >= 4 is 27.2 Å². The first kappa shape index (κ1) is 16.4. The number of aryl methyl sites for hydroxylation is 1. The number of thiocarbonyl (C=S) groups is 1. The summed E-state index contributed by atoms with van der Waals surface area (Å²) < 4.78 is 27.5. The average molecular weight is 328 g/mol. The van der Waals surface area contributed by atoms with Crippen molar-refractivity contribution in [2.75, 3.05) is 0 Å². The second-order valence-corrected chi connectivity index (χ2v) is 7.62. The molecule has 0 saturated heterocycles. The van der Waals surface area contributed by atoms with Gasteiger partial charge in [-0.1, -0.05) is 18.3 Å². The first-order valence-electron chi connectivity index (χ1n) is 6.90. The smallest absolute Gasteiger partial charge is 0.240 e. The second kappa shape index (κ2) is 6.39. The van der Waals surface area contributed by atoms with Crippen molar-refractivity contribution in [1.29, 1.82) is 0 Å². The number of aliphatic hydroxyl groups excluding tert-OH is 1. The van der Waals surface area contributed by atoms with Gasteiger partial charge in [-0.15, -0.1) is 0 Å². The number of hydrogen-bond donors (Lipinski definition) is 3. The van der Waals surface area contributed by atoms with Gasteiger partial charge in [0.1, 0.15) is 4.99 Å². The van der Waals surface area contributed by atoms with E-state index in [0.29, 0.717) is 31.2 Å². The fourth-order valence-electron chi connectivity index (χ4n) is 2.56. The van der Waals surface area contributed by atoms with Gasteiger partial charge in [0.2, 0.25) is 10.0 Å². The number of nitrogens with two attached hydrogens (primary N) is 1. The van der Waals surface area contributed by atoms with Gasteiger partial charge >= 0.3 is 0 Å². The fourth-order valence-corrected chi connectivity index (χ4v) is 4.18. The lowest BCUT2D eigenvalue weighted by molar-refractivity contribution is 0.120. The van der Waals surface area contributed by atoms with Gasteiger partial charge in [0.05, 0.1) is 11.0 Å². The molecule has 1 aromatic rings. The molecule has 0 amide bonds. The van der Waals surface area contributed by atoms with Crippen molar-refractivity contribution in [1.82, 2.24) is 4.72 Å². The van der Waals surface area contributed by atoms with Crippen molar-refractivity contribution < 1.29 is 13.5 Å². The van der Waals surface area contributed by atoms with E-state index in [-0.39, 0.29) is 22.0 Å². The third-order valence-electron chi connectivity index (χ3n) is 3.79. The molecule has 1 aromatic carbocycles. The molecule has 7 heteroatoms. The lowest BCUT2D eigenvalue weighted by Gasteiger charge is -2.26. The predicted octanol–water partition coefficient (Wildman–Crippen LogP) is 1.21. The second-order valence-electron chi connectivity index (χ2n) is 5.47. The van der Waals surface area contributed by atoms with Crippen LogP contribution in [-0.2, 0) is 10.0 Å². The minimum absolute atomic E-state index is 0.117. The van der Waals surface area contributed by atoms with Crippen LogP contribution in [0.25, 0.3) is 0 Å². The SMILES string of the molecule is Cc1cc(S(=O)(=O)NC2CCC(O)CC2)ccc1C(N)=S. The van der Waals surface area contributed by atoms with E-state index >= 15 is 0 Å². The standard InChI is InChI=1S/C14H20N2O3S2/c1-9-8-12(6-7-13(9)14(15)20)21(18,19)16-10-2-4-11(17)5-3-10/h6-8,10-11,16-17H,2-5H2,1H3,(H2,15,20). The monoisotopic (exact) mass is 328 g/mol. The highest BCUT2D eigenvalue weighted by atomic mass is 32.2. The van der Waals surface area contributed by atoms with E-state index in [0.717, 1.165) is 5.56 Å². The summed E-state index contributed by atoms with van der Waals surface area (Å²) in [6.45, 7) is 1.78. The van der Waals surface area contributed by atoms with Gasteiger partial charge in [-0.05, 0) is 50.3 Å². The summed E-state index contributed by atoms with van der Waals surface area (Å²) in [6.07, 6.45) is 2.27. The average Bonchev–Trinajstić information content (AvgIpc) is 2.40. The minimum atomic E-state index is -3.56. The molecular formula is C14H20N2O3S2. The quantitative estimate of drug-likeness (QED) is 0.723. The Bertz CT molecular complexity index is 636. The molecule has 1 aliphatic carbocycles. The number of nitrogens with one attached hydrogen (secondary N) is 1. The molecule has 0 atom stereocenters. The van der Waals surface area contributed by atoms with E-state index in [1.54, 1.807) is 19.1 Å². The molecule has 0 spiro atoms. The van der Waals surface area contributed by atoms with Gasteiger partial charge in [0.15, 0.2) is 0 Å². The first-order chi connectivity index (χ1) is 9.79. The van der Waals surface area contributed by atoms with E-state index in [9.17, 15) is 13.5 Å². The van der Waals surface area contributed by atoms with Crippen molar-refractivity contribution in [2.24, 2.45) is 5.73 Å². The fraction of sp³-hybridized carbons (Fsp3) is 0.500. The van der Waals surface area contributed by atoms with Crippen LogP contribution in [0.15, 0.2) is 23.1 Å². The summed E-state index contributed by atoms with van der Waals surface area (Å²) >= 11 is 4.92. The molecule has 0 radical (unpaired) electrons. The topological polar surface area (TPSA) is 92.4 Å². The molecule has 5 nitrogen and oxygen atoms in total. The van der Waals surface area contributed by atoms with Crippen LogP contribution in [0.3, 0.4) is 0 Å². The molecule has 21 heavy (non-hydrogen) atoms. The lowest BCUT2D eigenvalue weighted by atomic mass is 9.94. The molecule has 0 aromatic heterocycles. The van der Waals surface area contributed by atoms with Crippen molar-refractivity contribution in [2.45, 2.75) is 49.6 Å². The first-order valence-corrected chi connectivity index (χ1v) is 8.79. The Balaban J connectivity index is 2.16. The number of sulfonamides is 1. The Hall–Kier alpha value is -1.02. The molecule has 0 unspecified atom stereocenters. The van der Waals surface area contributed by atoms with Crippen LogP contribution in [0, 0.1) is 6.92 Å². The Labute approximate surface area is 130 Å². The van der Waals surface area contributed by atoms with Gasteiger partial charge in [0, 0.05) is 11.6 Å². The van der Waals surface area contributed by atoms with Crippen LogP contribution >= 0.6 is 12.2 Å². The molecule has 0 aliphatic heterocycles. The minimum Gasteiger partial charge on any atom is -0.393 e. The molecule has 1 saturated carbocycles. The molecule has 4 N–H and O–H groups in total. The highest BCUT2D eigenvalue weighted by Gasteiger charge is 2.25. The van der Waals surface area contributed by atoms with Crippen LogP contribution in [0.5, 0.6) is 0 Å². The highest BCUT2D eigenvalue weighted by molar-refractivity contribution is 7.89. The maximum atomic E-state index is 12.4. The molecule has 0 heterocycles. The summed E-state index contributed by atoms with van der Waals surface area (Å²) in [5.41, 5.74) is 7.00. The maximum absolute atomic E-state index is 12.4. The molecule has 1 aliphatic rings. The Morgan fingerprint density at radius 2 is 1.95 bits per heavy atom. The third kappa shape index (κ3) is 4.00. The lowest BCUT2D eigenvalue weighted by Crippen LogP contribution is -2.38. The van der Waals surface area contributed by atoms with Crippen LogP contribution in [0.1, 0.15) is 36.8 Å². The number of benzene rings is 1. The molecule has 0 bridgehead atoms. The zero-order valence-electron chi connectivity index (χ0n) is 11.9.